The Labute approximate surface area is 200 Å². The van der Waals surface area contributed by atoms with Crippen molar-refractivity contribution in [1.82, 2.24) is 9.88 Å². The van der Waals surface area contributed by atoms with Crippen molar-refractivity contribution in [2.75, 3.05) is 13.7 Å². The molecule has 1 N–H and O–H groups in total. The molecular formula is C25H27F3N2O5. The molecule has 0 saturated carbocycles. The largest absolute Gasteiger partial charge is 0.573 e. The summed E-state index contributed by atoms with van der Waals surface area (Å²) in [5.74, 6) is -0.835. The van der Waals surface area contributed by atoms with Gasteiger partial charge in [0.15, 0.2) is 0 Å². The van der Waals surface area contributed by atoms with Crippen molar-refractivity contribution in [2.45, 2.75) is 45.6 Å². The number of halogens is 3. The van der Waals surface area contributed by atoms with Crippen molar-refractivity contribution < 1.29 is 37.0 Å². The Balaban J connectivity index is 1.85. The van der Waals surface area contributed by atoms with E-state index in [-0.39, 0.29) is 5.75 Å². The molecule has 0 atom stereocenters. The van der Waals surface area contributed by atoms with E-state index in [1.165, 1.54) is 31.4 Å². The lowest BCUT2D eigenvalue weighted by molar-refractivity contribution is -0.274. The molecule has 0 radical (unpaired) electrons. The number of aryl methyl sites for hydroxylation is 1. The summed E-state index contributed by atoms with van der Waals surface area (Å²) in [5, 5.41) is 3.58. The van der Waals surface area contributed by atoms with Gasteiger partial charge in [-0.1, -0.05) is 6.07 Å². The van der Waals surface area contributed by atoms with Crippen molar-refractivity contribution in [1.29, 1.82) is 0 Å². The number of carbonyl (C=O) groups is 2. The zero-order valence-electron chi connectivity index (χ0n) is 19.9. The number of nitrogens with zero attached hydrogens (tertiary/aromatic N) is 1. The summed E-state index contributed by atoms with van der Waals surface area (Å²) in [7, 11) is 1.29. The van der Waals surface area contributed by atoms with Crippen molar-refractivity contribution in [3.8, 4) is 11.4 Å². The Kier molecular flexibility index (Phi) is 7.62. The van der Waals surface area contributed by atoms with Crippen LogP contribution >= 0.6 is 0 Å². The van der Waals surface area contributed by atoms with Crippen LogP contribution in [0, 0.1) is 0 Å². The predicted molar refractivity (Wildman–Crippen MR) is 124 cm³/mol. The highest BCUT2D eigenvalue weighted by atomic mass is 19.4. The average molecular weight is 492 g/mol. The molecule has 1 amide bonds. The minimum Gasteiger partial charge on any atom is -0.465 e. The molecular weight excluding hydrogens is 465 g/mol. The highest BCUT2D eigenvalue weighted by molar-refractivity contribution is 5.96. The molecule has 0 aliphatic rings. The molecule has 1 heterocycles. The maximum absolute atomic E-state index is 12.5. The molecule has 0 saturated heterocycles. The second kappa shape index (κ2) is 10.3. The third kappa shape index (κ3) is 7.14. The molecule has 0 fully saturated rings. The molecule has 0 unspecified atom stereocenters. The molecule has 3 rings (SSSR count). The van der Waals surface area contributed by atoms with E-state index in [9.17, 15) is 22.8 Å². The van der Waals surface area contributed by atoms with Crippen molar-refractivity contribution in [3.05, 3.63) is 59.8 Å². The summed E-state index contributed by atoms with van der Waals surface area (Å²) >= 11 is 0. The first-order valence-electron chi connectivity index (χ1n) is 10.9. The number of hydrogen-bond donors (Lipinski definition) is 1. The molecule has 2 aromatic carbocycles. The van der Waals surface area contributed by atoms with E-state index in [4.69, 9.17) is 9.47 Å². The van der Waals surface area contributed by atoms with Gasteiger partial charge >= 0.3 is 18.4 Å². The highest BCUT2D eigenvalue weighted by Crippen LogP contribution is 2.29. The topological polar surface area (TPSA) is 78.8 Å². The molecule has 0 bridgehead atoms. The van der Waals surface area contributed by atoms with E-state index >= 15 is 0 Å². The number of esters is 1. The molecule has 7 nitrogen and oxygen atoms in total. The van der Waals surface area contributed by atoms with Crippen LogP contribution in [0.5, 0.6) is 5.75 Å². The van der Waals surface area contributed by atoms with Gasteiger partial charge in [-0.2, -0.15) is 0 Å². The Morgan fingerprint density at radius 1 is 1.03 bits per heavy atom. The van der Waals surface area contributed by atoms with Gasteiger partial charge in [0, 0.05) is 23.8 Å². The third-order valence-electron chi connectivity index (χ3n) is 4.95. The number of ether oxygens (including phenoxy) is 3. The summed E-state index contributed by atoms with van der Waals surface area (Å²) in [6.45, 7) is 5.74. The van der Waals surface area contributed by atoms with Gasteiger partial charge in [0.25, 0.3) is 0 Å². The van der Waals surface area contributed by atoms with Crippen LogP contribution in [-0.2, 0) is 15.9 Å². The zero-order valence-corrected chi connectivity index (χ0v) is 19.9. The van der Waals surface area contributed by atoms with Gasteiger partial charge in [0.05, 0.1) is 18.2 Å². The molecule has 0 spiro atoms. The second-order valence-corrected chi connectivity index (χ2v) is 8.82. The van der Waals surface area contributed by atoms with Gasteiger partial charge in [-0.25, -0.2) is 9.59 Å². The van der Waals surface area contributed by atoms with E-state index in [0.29, 0.717) is 36.2 Å². The predicted octanol–water partition coefficient (Wildman–Crippen LogP) is 5.77. The lowest BCUT2D eigenvalue weighted by atomic mass is 10.1. The highest BCUT2D eigenvalue weighted by Gasteiger charge is 2.31. The zero-order chi connectivity index (χ0) is 25.8. The first-order chi connectivity index (χ1) is 16.4. The number of benzene rings is 2. The Hall–Kier alpha value is -3.69. The van der Waals surface area contributed by atoms with Crippen LogP contribution in [0.3, 0.4) is 0 Å². The normalized spacial score (nSPS) is 11.9. The SMILES string of the molecule is COC(=O)c1ccc2c(CCCNC(=O)OC(C)(C)C)cn(-c3ccc(OC(F)(F)F)cc3)c2c1. The lowest BCUT2D eigenvalue weighted by Crippen LogP contribution is -2.33. The number of methoxy groups -OCH3 is 1. The minimum absolute atomic E-state index is 0.332. The Morgan fingerprint density at radius 3 is 2.31 bits per heavy atom. The van der Waals surface area contributed by atoms with E-state index in [2.05, 4.69) is 10.1 Å². The minimum atomic E-state index is -4.78. The standard InChI is InChI=1S/C25H27F3N2O5/c1-24(2,3)35-23(32)29-13-5-6-17-15-30(18-8-10-19(11-9-18)34-25(26,27)28)21-14-16(22(31)33-4)7-12-20(17)21/h7-12,14-15H,5-6,13H2,1-4H3,(H,29,32). The van der Waals surface area contributed by atoms with E-state index in [0.717, 1.165) is 10.9 Å². The number of alkyl carbamates (subject to hydrolysis) is 1. The van der Waals surface area contributed by atoms with E-state index in [1.54, 1.807) is 43.5 Å². The summed E-state index contributed by atoms with van der Waals surface area (Å²) in [4.78, 5) is 23.9. The molecule has 1 aromatic heterocycles. The molecule has 35 heavy (non-hydrogen) atoms. The molecule has 0 aliphatic heterocycles. The quantitative estimate of drug-likeness (QED) is 0.335. The fourth-order valence-electron chi connectivity index (χ4n) is 3.55. The summed E-state index contributed by atoms with van der Waals surface area (Å²) in [6.07, 6.45) is -2.19. The van der Waals surface area contributed by atoms with Crippen LogP contribution in [0.25, 0.3) is 16.6 Å². The number of rotatable bonds is 7. The van der Waals surface area contributed by atoms with E-state index < -0.39 is 24.0 Å². The van der Waals surface area contributed by atoms with Crippen LogP contribution in [-0.4, -0.2) is 42.2 Å². The Morgan fingerprint density at radius 2 is 1.71 bits per heavy atom. The van der Waals surface area contributed by atoms with Crippen LogP contribution in [0.1, 0.15) is 43.1 Å². The van der Waals surface area contributed by atoms with Crippen molar-refractivity contribution in [2.24, 2.45) is 0 Å². The molecule has 10 heteroatoms. The summed E-state index contributed by atoms with van der Waals surface area (Å²) in [5.41, 5.74) is 1.97. The van der Waals surface area contributed by atoms with Gasteiger partial charge in [-0.3, -0.25) is 0 Å². The van der Waals surface area contributed by atoms with Gasteiger partial charge in [-0.15, -0.1) is 13.2 Å². The second-order valence-electron chi connectivity index (χ2n) is 8.82. The maximum atomic E-state index is 12.5. The van der Waals surface area contributed by atoms with Crippen molar-refractivity contribution >= 4 is 23.0 Å². The third-order valence-corrected chi connectivity index (χ3v) is 4.95. The Bertz CT molecular complexity index is 1190. The lowest BCUT2D eigenvalue weighted by Gasteiger charge is -2.19. The molecule has 3 aromatic rings. The summed E-state index contributed by atoms with van der Waals surface area (Å²) in [6, 6.07) is 10.6. The number of aromatic nitrogens is 1. The first-order valence-corrected chi connectivity index (χ1v) is 10.9. The number of hydrogen-bond acceptors (Lipinski definition) is 5. The number of fused-ring (bicyclic) bond motifs is 1. The smallest absolute Gasteiger partial charge is 0.465 e. The number of nitrogens with one attached hydrogen (secondary N) is 1. The summed E-state index contributed by atoms with van der Waals surface area (Å²) < 4.78 is 53.3. The van der Waals surface area contributed by atoms with Gasteiger partial charge in [-0.05, 0) is 75.6 Å². The van der Waals surface area contributed by atoms with E-state index in [1.807, 2.05) is 6.20 Å². The number of alkyl halides is 3. The fraction of sp³-hybridized carbons (Fsp3) is 0.360. The van der Waals surface area contributed by atoms with Gasteiger partial charge in [0.1, 0.15) is 11.4 Å². The maximum Gasteiger partial charge on any atom is 0.573 e. The first kappa shape index (κ1) is 25.9. The van der Waals surface area contributed by atoms with Crippen molar-refractivity contribution in [3.63, 3.8) is 0 Å². The van der Waals surface area contributed by atoms with Crippen LogP contribution < -0.4 is 10.1 Å². The average Bonchev–Trinajstić information content (AvgIpc) is 3.12. The monoisotopic (exact) mass is 492 g/mol. The number of amides is 1. The number of carbonyl (C=O) groups excluding carboxylic acids is 2. The van der Waals surface area contributed by atoms with Crippen LogP contribution in [0.4, 0.5) is 18.0 Å². The van der Waals surface area contributed by atoms with Crippen LogP contribution in [0.2, 0.25) is 0 Å². The molecule has 188 valence electrons. The van der Waals surface area contributed by atoms with Gasteiger partial charge < -0.3 is 24.1 Å². The fourth-order valence-corrected chi connectivity index (χ4v) is 3.55. The van der Waals surface area contributed by atoms with Crippen LogP contribution in [0.15, 0.2) is 48.7 Å². The van der Waals surface area contributed by atoms with Gasteiger partial charge in [0.2, 0.25) is 0 Å². The molecule has 0 aliphatic carbocycles.